The smallest absolute Gasteiger partial charge is 0.234 e. The van der Waals surface area contributed by atoms with Crippen LogP contribution in [0.15, 0.2) is 42.6 Å². The normalized spacial score (nSPS) is 26.1. The number of carbonyl (C=O) groups excluding carboxylic acids is 1. The van der Waals surface area contributed by atoms with Gasteiger partial charge < -0.3 is 0 Å². The number of benzene rings is 1. The molecule has 0 radical (unpaired) electrons. The van der Waals surface area contributed by atoms with Gasteiger partial charge in [0.15, 0.2) is 0 Å². The summed E-state index contributed by atoms with van der Waals surface area (Å²) < 4.78 is 0. The summed E-state index contributed by atoms with van der Waals surface area (Å²) in [5, 5.41) is 0. The summed E-state index contributed by atoms with van der Waals surface area (Å²) in [7, 11) is 0. The maximum Gasteiger partial charge on any atom is 0.234 e. The lowest BCUT2D eigenvalue weighted by Crippen LogP contribution is -2.24. The van der Waals surface area contributed by atoms with E-state index in [9.17, 15) is 4.79 Å². The molecule has 0 saturated carbocycles. The summed E-state index contributed by atoms with van der Waals surface area (Å²) in [6.45, 7) is 8.01. The molecular weight excluding hydrogens is 186 g/mol. The summed E-state index contributed by atoms with van der Waals surface area (Å²) in [5.74, 6) is 0.425. The van der Waals surface area contributed by atoms with E-state index in [1.165, 1.54) is 0 Å². The van der Waals surface area contributed by atoms with Gasteiger partial charge >= 0.3 is 0 Å². The van der Waals surface area contributed by atoms with Crippen molar-refractivity contribution in [2.75, 3.05) is 4.90 Å². The number of rotatable bonds is 1. The minimum atomic E-state index is 0.0395. The molecule has 0 bridgehead atoms. The molecule has 1 aromatic carbocycles. The first kappa shape index (κ1) is 9.97. The molecule has 1 aliphatic rings. The van der Waals surface area contributed by atoms with E-state index in [1.807, 2.05) is 44.2 Å². The highest BCUT2D eigenvalue weighted by Gasteiger charge is 2.38. The Morgan fingerprint density at radius 3 is 2.20 bits per heavy atom. The second kappa shape index (κ2) is 3.54. The molecule has 1 fully saturated rings. The maximum absolute atomic E-state index is 12.0. The lowest BCUT2D eigenvalue weighted by molar-refractivity contribution is -0.120. The Labute approximate surface area is 90.2 Å². The minimum absolute atomic E-state index is 0.0395. The van der Waals surface area contributed by atoms with Crippen LogP contribution < -0.4 is 4.90 Å². The molecule has 0 spiro atoms. The van der Waals surface area contributed by atoms with Crippen LogP contribution in [0.1, 0.15) is 13.8 Å². The molecule has 0 N–H and O–H groups in total. The van der Waals surface area contributed by atoms with Crippen LogP contribution in [0.3, 0.4) is 0 Å². The summed E-state index contributed by atoms with van der Waals surface area (Å²) in [6, 6.07) is 9.69. The van der Waals surface area contributed by atoms with E-state index in [1.54, 1.807) is 4.90 Å². The van der Waals surface area contributed by atoms with Crippen molar-refractivity contribution >= 4 is 11.6 Å². The van der Waals surface area contributed by atoms with E-state index in [4.69, 9.17) is 0 Å². The summed E-state index contributed by atoms with van der Waals surface area (Å²) >= 11 is 0. The van der Waals surface area contributed by atoms with Crippen molar-refractivity contribution in [1.82, 2.24) is 0 Å². The third-order valence-corrected chi connectivity index (χ3v) is 3.19. The number of hydrogen-bond acceptors (Lipinski definition) is 1. The van der Waals surface area contributed by atoms with Crippen molar-refractivity contribution in [2.45, 2.75) is 13.8 Å². The molecule has 2 unspecified atom stereocenters. The van der Waals surface area contributed by atoms with Gasteiger partial charge in [0, 0.05) is 23.2 Å². The average molecular weight is 201 g/mol. The molecule has 1 aromatic rings. The van der Waals surface area contributed by atoms with E-state index in [-0.39, 0.29) is 17.7 Å². The molecule has 2 heteroatoms. The zero-order valence-corrected chi connectivity index (χ0v) is 9.10. The highest BCUT2D eigenvalue weighted by atomic mass is 16.2. The monoisotopic (exact) mass is 201 g/mol. The number of carbonyl (C=O) groups is 1. The van der Waals surface area contributed by atoms with Crippen molar-refractivity contribution in [3.05, 3.63) is 42.6 Å². The van der Waals surface area contributed by atoms with Crippen molar-refractivity contribution in [2.24, 2.45) is 11.8 Å². The van der Waals surface area contributed by atoms with Gasteiger partial charge in [0.25, 0.3) is 0 Å². The van der Waals surface area contributed by atoms with E-state index in [0.29, 0.717) is 0 Å². The summed E-state index contributed by atoms with van der Waals surface area (Å²) in [5.41, 5.74) is 1.82. The number of allylic oxidation sites excluding steroid dienone is 1. The van der Waals surface area contributed by atoms with Gasteiger partial charge in [0.05, 0.1) is 0 Å². The quantitative estimate of drug-likeness (QED) is 0.684. The predicted molar refractivity (Wildman–Crippen MR) is 61.4 cm³/mol. The molecule has 1 aliphatic heterocycles. The van der Waals surface area contributed by atoms with Gasteiger partial charge in [0.1, 0.15) is 0 Å². The van der Waals surface area contributed by atoms with Crippen LogP contribution in [0.25, 0.3) is 0 Å². The second-order valence-electron chi connectivity index (χ2n) is 4.08. The molecule has 1 saturated heterocycles. The standard InChI is InChI=1S/C13H15NO/c1-9-10(2)13(15)14(11(9)3)12-7-5-4-6-8-12/h4-10H,3H2,1-2H3. The van der Waals surface area contributed by atoms with Gasteiger partial charge in [-0.1, -0.05) is 38.6 Å². The van der Waals surface area contributed by atoms with Crippen molar-refractivity contribution < 1.29 is 4.79 Å². The van der Waals surface area contributed by atoms with Gasteiger partial charge in [-0.25, -0.2) is 0 Å². The molecule has 1 heterocycles. The number of para-hydroxylation sites is 1. The van der Waals surface area contributed by atoms with Crippen molar-refractivity contribution in [3.8, 4) is 0 Å². The topological polar surface area (TPSA) is 20.3 Å². The van der Waals surface area contributed by atoms with Gasteiger partial charge in [0.2, 0.25) is 5.91 Å². The van der Waals surface area contributed by atoms with E-state index in [2.05, 4.69) is 6.58 Å². The lowest BCUT2D eigenvalue weighted by Gasteiger charge is -2.18. The fourth-order valence-electron chi connectivity index (χ4n) is 1.92. The first-order valence-electron chi connectivity index (χ1n) is 5.20. The highest BCUT2D eigenvalue weighted by Crippen LogP contribution is 2.36. The van der Waals surface area contributed by atoms with Crippen LogP contribution in [-0.2, 0) is 4.79 Å². The fourth-order valence-corrected chi connectivity index (χ4v) is 1.92. The fraction of sp³-hybridized carbons (Fsp3) is 0.308. The SMILES string of the molecule is C=C1C(C)C(C)C(=O)N1c1ccccc1. The van der Waals surface area contributed by atoms with Crippen LogP contribution in [0.4, 0.5) is 5.69 Å². The molecule has 0 aromatic heterocycles. The summed E-state index contributed by atoms with van der Waals surface area (Å²) in [4.78, 5) is 13.7. The van der Waals surface area contributed by atoms with Crippen molar-refractivity contribution in [1.29, 1.82) is 0 Å². The van der Waals surface area contributed by atoms with Crippen LogP contribution in [0.5, 0.6) is 0 Å². The molecule has 0 aliphatic carbocycles. The predicted octanol–water partition coefficient (Wildman–Crippen LogP) is 2.82. The first-order valence-corrected chi connectivity index (χ1v) is 5.20. The Morgan fingerprint density at radius 1 is 1.13 bits per heavy atom. The second-order valence-corrected chi connectivity index (χ2v) is 4.08. The minimum Gasteiger partial charge on any atom is -0.285 e. The zero-order valence-electron chi connectivity index (χ0n) is 9.10. The molecule has 2 nitrogen and oxygen atoms in total. The number of hydrogen-bond donors (Lipinski definition) is 0. The third kappa shape index (κ3) is 1.46. The summed E-state index contributed by atoms with van der Waals surface area (Å²) in [6.07, 6.45) is 0. The van der Waals surface area contributed by atoms with Gasteiger partial charge in [-0.3, -0.25) is 9.69 Å². The maximum atomic E-state index is 12.0. The molecule has 2 rings (SSSR count). The number of nitrogens with zero attached hydrogens (tertiary/aromatic N) is 1. The van der Waals surface area contributed by atoms with Crippen LogP contribution in [0.2, 0.25) is 0 Å². The van der Waals surface area contributed by atoms with Crippen LogP contribution >= 0.6 is 0 Å². The Kier molecular flexibility index (Phi) is 2.35. The van der Waals surface area contributed by atoms with Crippen LogP contribution in [0, 0.1) is 11.8 Å². The van der Waals surface area contributed by atoms with Crippen molar-refractivity contribution in [3.63, 3.8) is 0 Å². The largest absolute Gasteiger partial charge is 0.285 e. The van der Waals surface area contributed by atoms with Gasteiger partial charge in [-0.2, -0.15) is 0 Å². The molecular formula is C13H15NO. The van der Waals surface area contributed by atoms with Gasteiger partial charge in [-0.15, -0.1) is 0 Å². The molecule has 1 amide bonds. The molecule has 78 valence electrons. The highest BCUT2D eigenvalue weighted by molar-refractivity contribution is 6.01. The Bertz CT molecular complexity index is 376. The number of anilines is 1. The third-order valence-electron chi connectivity index (χ3n) is 3.19. The number of amides is 1. The van der Waals surface area contributed by atoms with E-state index >= 15 is 0 Å². The first-order chi connectivity index (χ1) is 7.13. The Morgan fingerprint density at radius 2 is 1.73 bits per heavy atom. The lowest BCUT2D eigenvalue weighted by atomic mass is 9.98. The van der Waals surface area contributed by atoms with E-state index < -0.39 is 0 Å². The van der Waals surface area contributed by atoms with Gasteiger partial charge in [-0.05, 0) is 12.1 Å². The van der Waals surface area contributed by atoms with E-state index in [0.717, 1.165) is 11.4 Å². The molecule has 2 atom stereocenters. The zero-order chi connectivity index (χ0) is 11.0. The molecule has 15 heavy (non-hydrogen) atoms. The Balaban J connectivity index is 2.39. The average Bonchev–Trinajstić information content (AvgIpc) is 2.45. The Hall–Kier alpha value is -1.57. The van der Waals surface area contributed by atoms with Crippen LogP contribution in [-0.4, -0.2) is 5.91 Å².